The van der Waals surface area contributed by atoms with E-state index in [9.17, 15) is 4.79 Å². The second-order valence-corrected chi connectivity index (χ2v) is 1.84. The van der Waals surface area contributed by atoms with Gasteiger partial charge in [-0.3, -0.25) is 4.79 Å². The number of hydrogen-bond acceptors (Lipinski definition) is 3. The lowest BCUT2D eigenvalue weighted by atomic mass is 10.3. The first-order valence-electron chi connectivity index (χ1n) is 3.16. The van der Waals surface area contributed by atoms with Crippen molar-refractivity contribution in [3.05, 3.63) is 30.3 Å². The lowest BCUT2D eigenvalue weighted by Crippen LogP contribution is -2.05. The third-order valence-corrected chi connectivity index (χ3v) is 1.10. The molecule has 0 N–H and O–H groups in total. The van der Waals surface area contributed by atoms with E-state index in [0.717, 1.165) is 0 Å². The summed E-state index contributed by atoms with van der Waals surface area (Å²) in [7, 11) is -0.0342. The average molecular weight is 150 g/mol. The van der Waals surface area contributed by atoms with E-state index in [1.54, 1.807) is 12.1 Å². The van der Waals surface area contributed by atoms with Crippen LogP contribution < -0.4 is 4.65 Å². The summed E-state index contributed by atoms with van der Waals surface area (Å²) >= 11 is 0. The third-order valence-electron chi connectivity index (χ3n) is 1.10. The molecule has 0 heterocycles. The molecule has 3 nitrogen and oxygen atoms in total. The maximum Gasteiger partial charge on any atom is 0.578 e. The highest BCUT2D eigenvalue weighted by Gasteiger charge is 1.92. The molecule has 0 spiro atoms. The molecule has 0 fully saturated rings. The topological polar surface area (TPSA) is 35.5 Å². The summed E-state index contributed by atoms with van der Waals surface area (Å²) in [6, 6.07) is 9.14. The van der Waals surface area contributed by atoms with Gasteiger partial charge in [-0.2, -0.15) is 0 Å². The minimum Gasteiger partial charge on any atom is -0.528 e. The van der Waals surface area contributed by atoms with Crippen molar-refractivity contribution >= 4 is 14.2 Å². The monoisotopic (exact) mass is 150 g/mol. The molecule has 4 heteroatoms. The summed E-state index contributed by atoms with van der Waals surface area (Å²) in [6.07, 6.45) is 0. The van der Waals surface area contributed by atoms with E-state index in [1.807, 2.05) is 18.2 Å². The van der Waals surface area contributed by atoms with Crippen LogP contribution in [0, 0.1) is 0 Å². The van der Waals surface area contributed by atoms with Crippen LogP contribution in [0.3, 0.4) is 0 Å². The molecule has 0 saturated heterocycles. The van der Waals surface area contributed by atoms with Crippen LogP contribution in [0.2, 0.25) is 0 Å². The van der Waals surface area contributed by atoms with Crippen molar-refractivity contribution in [3.63, 3.8) is 0 Å². The lowest BCUT2D eigenvalue weighted by molar-refractivity contribution is -0.121. The molecule has 1 aromatic rings. The molecule has 0 aliphatic carbocycles. The average Bonchev–Trinajstić information content (AvgIpc) is 2.07. The van der Waals surface area contributed by atoms with E-state index in [1.165, 1.54) is 0 Å². The summed E-state index contributed by atoms with van der Waals surface area (Å²) in [6.45, 7) is 0.350. The molecule has 1 rings (SSSR count). The van der Waals surface area contributed by atoms with Gasteiger partial charge in [-0.05, 0) is 12.1 Å². The SMILES string of the molecule is O=COBOc1ccccc1. The highest BCUT2D eigenvalue weighted by molar-refractivity contribution is 6.21. The van der Waals surface area contributed by atoms with Crippen LogP contribution in [0.1, 0.15) is 0 Å². The number of carbonyl (C=O) groups is 1. The summed E-state index contributed by atoms with van der Waals surface area (Å²) < 4.78 is 9.33. The first kappa shape index (κ1) is 7.66. The largest absolute Gasteiger partial charge is 0.578 e. The van der Waals surface area contributed by atoms with E-state index in [0.29, 0.717) is 12.2 Å². The van der Waals surface area contributed by atoms with Crippen molar-refractivity contribution in [1.82, 2.24) is 0 Å². The van der Waals surface area contributed by atoms with Crippen LogP contribution in [-0.2, 0) is 9.45 Å². The van der Waals surface area contributed by atoms with E-state index in [2.05, 4.69) is 4.65 Å². The molecular formula is C7H7BO3. The van der Waals surface area contributed by atoms with Crippen LogP contribution in [-0.4, -0.2) is 14.2 Å². The molecule has 0 aliphatic heterocycles. The number of rotatable bonds is 4. The zero-order valence-electron chi connectivity index (χ0n) is 5.90. The van der Waals surface area contributed by atoms with E-state index >= 15 is 0 Å². The van der Waals surface area contributed by atoms with Crippen molar-refractivity contribution in [2.45, 2.75) is 0 Å². The maximum atomic E-state index is 9.69. The van der Waals surface area contributed by atoms with Gasteiger partial charge in [0, 0.05) is 0 Å². The van der Waals surface area contributed by atoms with Crippen molar-refractivity contribution in [2.24, 2.45) is 0 Å². The Hall–Kier alpha value is -1.45. The maximum absolute atomic E-state index is 9.69. The van der Waals surface area contributed by atoms with Crippen molar-refractivity contribution < 1.29 is 14.1 Å². The number of carbonyl (C=O) groups excluding carboxylic acids is 1. The van der Waals surface area contributed by atoms with Gasteiger partial charge in [0.2, 0.25) is 0 Å². The van der Waals surface area contributed by atoms with Crippen LogP contribution >= 0.6 is 0 Å². The Bertz CT molecular complexity index is 212. The summed E-state index contributed by atoms with van der Waals surface area (Å²) in [5.41, 5.74) is 0. The zero-order chi connectivity index (χ0) is 7.94. The smallest absolute Gasteiger partial charge is 0.528 e. The molecular weight excluding hydrogens is 143 g/mol. The fourth-order valence-electron chi connectivity index (χ4n) is 0.647. The van der Waals surface area contributed by atoms with Gasteiger partial charge in [-0.1, -0.05) is 18.2 Å². The second-order valence-electron chi connectivity index (χ2n) is 1.84. The van der Waals surface area contributed by atoms with Gasteiger partial charge < -0.3 is 9.31 Å². The van der Waals surface area contributed by atoms with Crippen molar-refractivity contribution in [3.8, 4) is 5.75 Å². The summed E-state index contributed by atoms with van der Waals surface area (Å²) in [5, 5.41) is 0. The predicted molar refractivity (Wildman–Crippen MR) is 41.4 cm³/mol. The Kier molecular flexibility index (Phi) is 3.05. The summed E-state index contributed by atoms with van der Waals surface area (Å²) in [5.74, 6) is 0.689. The van der Waals surface area contributed by atoms with Crippen molar-refractivity contribution in [1.29, 1.82) is 0 Å². The van der Waals surface area contributed by atoms with Gasteiger partial charge in [0.15, 0.2) is 0 Å². The van der Waals surface area contributed by atoms with Crippen LogP contribution in [0.25, 0.3) is 0 Å². The van der Waals surface area contributed by atoms with Crippen LogP contribution in [0.5, 0.6) is 5.75 Å². The van der Waals surface area contributed by atoms with E-state index in [-0.39, 0.29) is 7.69 Å². The number of benzene rings is 1. The minimum absolute atomic E-state index is 0.0342. The van der Waals surface area contributed by atoms with E-state index in [4.69, 9.17) is 4.65 Å². The first-order chi connectivity index (χ1) is 5.43. The standard InChI is InChI=1S/C7H7BO3/c9-6-10-8-11-7-4-2-1-3-5-7/h1-6,8H. The fourth-order valence-corrected chi connectivity index (χ4v) is 0.647. The Morgan fingerprint density at radius 1 is 1.27 bits per heavy atom. The zero-order valence-corrected chi connectivity index (χ0v) is 5.90. The Morgan fingerprint density at radius 2 is 2.00 bits per heavy atom. The van der Waals surface area contributed by atoms with Crippen molar-refractivity contribution in [2.75, 3.05) is 0 Å². The van der Waals surface area contributed by atoms with Gasteiger partial charge in [0.25, 0.3) is 6.47 Å². The summed E-state index contributed by atoms with van der Waals surface area (Å²) in [4.78, 5) is 9.69. The molecule has 11 heavy (non-hydrogen) atoms. The molecule has 1 aromatic carbocycles. The molecule has 0 radical (unpaired) electrons. The Labute approximate surface area is 65.2 Å². The highest BCUT2D eigenvalue weighted by atomic mass is 16.6. The quantitative estimate of drug-likeness (QED) is 0.356. The fraction of sp³-hybridized carbons (Fsp3) is 0. The van der Waals surface area contributed by atoms with Crippen LogP contribution in [0.4, 0.5) is 0 Å². The lowest BCUT2D eigenvalue weighted by Gasteiger charge is -2.00. The third kappa shape index (κ3) is 2.75. The minimum atomic E-state index is -0.0342. The van der Waals surface area contributed by atoms with Gasteiger partial charge in [0.05, 0.1) is 0 Å². The van der Waals surface area contributed by atoms with E-state index < -0.39 is 0 Å². The molecule has 56 valence electrons. The number of hydrogen-bond donors (Lipinski definition) is 0. The van der Waals surface area contributed by atoms with Gasteiger partial charge in [-0.25, -0.2) is 0 Å². The molecule has 0 atom stereocenters. The Morgan fingerprint density at radius 3 is 2.64 bits per heavy atom. The molecule has 0 amide bonds. The molecule has 0 aliphatic rings. The molecule has 0 saturated carbocycles. The van der Waals surface area contributed by atoms with Gasteiger partial charge in [0.1, 0.15) is 5.75 Å². The molecule has 0 unspecified atom stereocenters. The van der Waals surface area contributed by atoms with Crippen LogP contribution in [0.15, 0.2) is 30.3 Å². The Balaban J connectivity index is 2.33. The predicted octanol–water partition coefficient (Wildman–Crippen LogP) is 0.505. The second kappa shape index (κ2) is 4.38. The van der Waals surface area contributed by atoms with Gasteiger partial charge in [-0.15, -0.1) is 0 Å². The molecule has 0 aromatic heterocycles. The number of para-hydroxylation sites is 1. The van der Waals surface area contributed by atoms with Gasteiger partial charge >= 0.3 is 7.69 Å². The molecule has 0 bridgehead atoms. The highest BCUT2D eigenvalue weighted by Crippen LogP contribution is 2.06. The normalized spacial score (nSPS) is 8.36. The first-order valence-corrected chi connectivity index (χ1v) is 3.16.